The zero-order chi connectivity index (χ0) is 14.1. The molecule has 0 radical (unpaired) electrons. The Morgan fingerprint density at radius 3 is 2.79 bits per heavy atom. The number of methoxy groups -OCH3 is 2. The maximum Gasteiger partial charge on any atom is 0.306 e. The lowest BCUT2D eigenvalue weighted by atomic mass is 10.3. The first-order chi connectivity index (χ1) is 9.15. The van der Waals surface area contributed by atoms with Crippen molar-refractivity contribution in [2.45, 2.75) is 13.0 Å². The first kappa shape index (κ1) is 15.9. The molecule has 0 aliphatic rings. The fourth-order valence-corrected chi connectivity index (χ4v) is 1.79. The third-order valence-corrected chi connectivity index (χ3v) is 2.84. The topological polar surface area (TPSA) is 51.7 Å². The molecule has 0 N–H and O–H groups in total. The fourth-order valence-electron chi connectivity index (χ4n) is 1.61. The monoisotopic (exact) mass is 286 g/mol. The number of esters is 1. The summed E-state index contributed by atoms with van der Waals surface area (Å²) in [6, 6.07) is 5.50. The van der Waals surface area contributed by atoms with Crippen LogP contribution in [0.3, 0.4) is 0 Å². The molecule has 0 atom stereocenters. The zero-order valence-corrected chi connectivity index (χ0v) is 12.0. The van der Waals surface area contributed by atoms with Crippen molar-refractivity contribution in [3.8, 4) is 0 Å². The zero-order valence-electron chi connectivity index (χ0n) is 11.3. The van der Waals surface area contributed by atoms with Crippen molar-refractivity contribution >= 4 is 17.6 Å². The highest BCUT2D eigenvalue weighted by Gasteiger charge is 2.10. The smallest absolute Gasteiger partial charge is 0.306 e. The number of nitrogens with zero attached hydrogens (tertiary/aromatic N) is 2. The molecule has 0 amide bonds. The van der Waals surface area contributed by atoms with E-state index in [2.05, 4.69) is 14.6 Å². The molecule has 0 bridgehead atoms. The number of rotatable bonds is 8. The van der Waals surface area contributed by atoms with Crippen molar-refractivity contribution in [2.75, 3.05) is 33.9 Å². The summed E-state index contributed by atoms with van der Waals surface area (Å²) in [6.07, 6.45) is 0.348. The molecule has 0 aliphatic carbocycles. The van der Waals surface area contributed by atoms with Gasteiger partial charge in [0.05, 0.1) is 25.8 Å². The van der Waals surface area contributed by atoms with Crippen molar-refractivity contribution in [3.63, 3.8) is 0 Å². The maximum atomic E-state index is 11.2. The molecule has 0 fully saturated rings. The highest BCUT2D eigenvalue weighted by Crippen LogP contribution is 2.08. The molecule has 19 heavy (non-hydrogen) atoms. The molecule has 0 spiro atoms. The van der Waals surface area contributed by atoms with Gasteiger partial charge in [0.2, 0.25) is 0 Å². The van der Waals surface area contributed by atoms with Gasteiger partial charge in [-0.1, -0.05) is 17.7 Å². The van der Waals surface area contributed by atoms with Crippen molar-refractivity contribution in [3.05, 3.63) is 29.0 Å². The highest BCUT2D eigenvalue weighted by atomic mass is 35.5. The van der Waals surface area contributed by atoms with E-state index in [1.165, 1.54) is 7.11 Å². The Labute approximate surface area is 118 Å². The lowest BCUT2D eigenvalue weighted by Crippen LogP contribution is -2.30. The molecule has 1 heterocycles. The largest absolute Gasteiger partial charge is 0.469 e. The third-order valence-electron chi connectivity index (χ3n) is 2.63. The quantitative estimate of drug-likeness (QED) is 0.538. The van der Waals surface area contributed by atoms with Crippen LogP contribution in [0.5, 0.6) is 0 Å². The minimum atomic E-state index is -0.221. The van der Waals surface area contributed by atoms with E-state index in [4.69, 9.17) is 16.3 Å². The van der Waals surface area contributed by atoms with Crippen LogP contribution in [0.25, 0.3) is 0 Å². The van der Waals surface area contributed by atoms with E-state index in [0.717, 1.165) is 12.2 Å². The first-order valence-electron chi connectivity index (χ1n) is 6.05. The molecule has 0 saturated heterocycles. The summed E-state index contributed by atoms with van der Waals surface area (Å²) < 4.78 is 9.70. The Kier molecular flexibility index (Phi) is 7.40. The van der Waals surface area contributed by atoms with Gasteiger partial charge in [-0.2, -0.15) is 0 Å². The molecule has 0 aromatic carbocycles. The number of halogens is 1. The van der Waals surface area contributed by atoms with Gasteiger partial charge in [-0.25, -0.2) is 4.98 Å². The van der Waals surface area contributed by atoms with Crippen LogP contribution in [0.4, 0.5) is 0 Å². The Morgan fingerprint density at radius 2 is 2.16 bits per heavy atom. The molecule has 0 saturated carbocycles. The number of pyridine rings is 1. The second-order valence-electron chi connectivity index (χ2n) is 4.05. The molecule has 1 aromatic heterocycles. The predicted molar refractivity (Wildman–Crippen MR) is 73.0 cm³/mol. The number of carbonyl (C=O) groups is 1. The molecular weight excluding hydrogens is 268 g/mol. The van der Waals surface area contributed by atoms with E-state index in [1.807, 2.05) is 12.1 Å². The van der Waals surface area contributed by atoms with Gasteiger partial charge in [-0.3, -0.25) is 9.69 Å². The molecule has 5 nitrogen and oxygen atoms in total. The van der Waals surface area contributed by atoms with Gasteiger partial charge in [0.25, 0.3) is 0 Å². The standard InChI is InChI=1S/C13H19ClN2O3/c1-18-9-8-16(7-6-13(17)19-2)10-11-4-3-5-12(14)15-11/h3-5H,6-10H2,1-2H3. The Hall–Kier alpha value is -1.17. The van der Waals surface area contributed by atoms with Crippen LogP contribution < -0.4 is 0 Å². The summed E-state index contributed by atoms with van der Waals surface area (Å²) in [5.74, 6) is -0.221. The summed E-state index contributed by atoms with van der Waals surface area (Å²) in [6.45, 7) is 2.55. The van der Waals surface area contributed by atoms with Gasteiger partial charge in [0, 0.05) is 26.7 Å². The van der Waals surface area contributed by atoms with E-state index >= 15 is 0 Å². The summed E-state index contributed by atoms with van der Waals surface area (Å²) >= 11 is 5.85. The van der Waals surface area contributed by atoms with Crippen molar-refractivity contribution < 1.29 is 14.3 Å². The van der Waals surface area contributed by atoms with Crippen LogP contribution in [0.1, 0.15) is 12.1 Å². The van der Waals surface area contributed by atoms with Gasteiger partial charge < -0.3 is 9.47 Å². The van der Waals surface area contributed by atoms with E-state index in [1.54, 1.807) is 13.2 Å². The average molecular weight is 287 g/mol. The van der Waals surface area contributed by atoms with Gasteiger partial charge in [0.15, 0.2) is 0 Å². The lowest BCUT2D eigenvalue weighted by Gasteiger charge is -2.21. The molecule has 6 heteroatoms. The predicted octanol–water partition coefficient (Wildman–Crippen LogP) is 1.75. The average Bonchev–Trinajstić information content (AvgIpc) is 2.41. The van der Waals surface area contributed by atoms with Gasteiger partial charge in [0.1, 0.15) is 5.15 Å². The fraction of sp³-hybridized carbons (Fsp3) is 0.538. The molecule has 106 valence electrons. The molecule has 0 unspecified atom stereocenters. The summed E-state index contributed by atoms with van der Waals surface area (Å²) in [4.78, 5) is 17.5. The summed E-state index contributed by atoms with van der Waals surface area (Å²) in [5, 5.41) is 0.470. The van der Waals surface area contributed by atoms with E-state index in [0.29, 0.717) is 31.3 Å². The molecule has 1 aromatic rings. The van der Waals surface area contributed by atoms with E-state index in [-0.39, 0.29) is 5.97 Å². The van der Waals surface area contributed by atoms with Gasteiger partial charge in [-0.05, 0) is 12.1 Å². The summed E-state index contributed by atoms with van der Waals surface area (Å²) in [5.41, 5.74) is 0.869. The minimum Gasteiger partial charge on any atom is -0.469 e. The number of aromatic nitrogens is 1. The molecular formula is C13H19ClN2O3. The number of ether oxygens (including phenoxy) is 2. The van der Waals surface area contributed by atoms with Crippen molar-refractivity contribution in [1.82, 2.24) is 9.88 Å². The van der Waals surface area contributed by atoms with Crippen LogP contribution in [-0.4, -0.2) is 49.8 Å². The Balaban J connectivity index is 2.55. The van der Waals surface area contributed by atoms with Crippen LogP contribution in [0.15, 0.2) is 18.2 Å². The van der Waals surface area contributed by atoms with E-state index in [9.17, 15) is 4.79 Å². The van der Waals surface area contributed by atoms with Crippen molar-refractivity contribution in [2.24, 2.45) is 0 Å². The third kappa shape index (κ3) is 6.52. The number of hydrogen-bond acceptors (Lipinski definition) is 5. The van der Waals surface area contributed by atoms with Crippen LogP contribution in [-0.2, 0) is 20.8 Å². The van der Waals surface area contributed by atoms with Crippen LogP contribution >= 0.6 is 11.6 Å². The molecule has 1 rings (SSSR count). The second-order valence-corrected chi connectivity index (χ2v) is 4.43. The normalized spacial score (nSPS) is 10.7. The number of hydrogen-bond donors (Lipinski definition) is 0. The summed E-state index contributed by atoms with van der Waals surface area (Å²) in [7, 11) is 3.04. The maximum absolute atomic E-state index is 11.2. The highest BCUT2D eigenvalue weighted by molar-refractivity contribution is 6.29. The van der Waals surface area contributed by atoms with Gasteiger partial charge >= 0.3 is 5.97 Å². The Morgan fingerprint density at radius 1 is 1.37 bits per heavy atom. The molecule has 0 aliphatic heterocycles. The van der Waals surface area contributed by atoms with Crippen LogP contribution in [0, 0.1) is 0 Å². The van der Waals surface area contributed by atoms with Gasteiger partial charge in [-0.15, -0.1) is 0 Å². The number of carbonyl (C=O) groups excluding carboxylic acids is 1. The second kappa shape index (κ2) is 8.85. The van der Waals surface area contributed by atoms with Crippen molar-refractivity contribution in [1.29, 1.82) is 0 Å². The Bertz CT molecular complexity index is 401. The SMILES string of the molecule is COCCN(CCC(=O)OC)Cc1cccc(Cl)n1. The first-order valence-corrected chi connectivity index (χ1v) is 6.43. The van der Waals surface area contributed by atoms with Crippen LogP contribution in [0.2, 0.25) is 5.15 Å². The minimum absolute atomic E-state index is 0.221. The lowest BCUT2D eigenvalue weighted by molar-refractivity contribution is -0.141. The van der Waals surface area contributed by atoms with E-state index < -0.39 is 0 Å².